The summed E-state index contributed by atoms with van der Waals surface area (Å²) in [7, 11) is 3.74. The predicted molar refractivity (Wildman–Crippen MR) is 72.3 cm³/mol. The average molecular weight is 257 g/mol. The number of likely N-dealkylation sites (N-methyl/N-ethyl adjacent to an activating group) is 1. The maximum absolute atomic E-state index is 6.18. The highest BCUT2D eigenvalue weighted by atomic mass is 35.5. The Labute approximate surface area is 109 Å². The SMILES string of the molecule is COC(CN)CN(C)C(C)c1ccccc1Cl. The van der Waals surface area contributed by atoms with Crippen molar-refractivity contribution in [3.05, 3.63) is 34.9 Å². The largest absolute Gasteiger partial charge is 0.379 e. The summed E-state index contributed by atoms with van der Waals surface area (Å²) in [5.74, 6) is 0. The van der Waals surface area contributed by atoms with E-state index >= 15 is 0 Å². The third-order valence-electron chi connectivity index (χ3n) is 3.10. The molecule has 2 unspecified atom stereocenters. The molecule has 0 amide bonds. The molecule has 17 heavy (non-hydrogen) atoms. The molecule has 0 bridgehead atoms. The van der Waals surface area contributed by atoms with Crippen LogP contribution in [0.4, 0.5) is 0 Å². The minimum Gasteiger partial charge on any atom is -0.379 e. The van der Waals surface area contributed by atoms with Crippen LogP contribution in [0.3, 0.4) is 0 Å². The minimum atomic E-state index is 0.0601. The topological polar surface area (TPSA) is 38.5 Å². The van der Waals surface area contributed by atoms with Crippen LogP contribution in [0.2, 0.25) is 5.02 Å². The van der Waals surface area contributed by atoms with Crippen molar-refractivity contribution < 1.29 is 4.74 Å². The Morgan fingerprint density at radius 1 is 1.41 bits per heavy atom. The van der Waals surface area contributed by atoms with Gasteiger partial charge in [0.2, 0.25) is 0 Å². The molecule has 0 saturated carbocycles. The third kappa shape index (κ3) is 3.96. The van der Waals surface area contributed by atoms with E-state index in [-0.39, 0.29) is 12.1 Å². The fourth-order valence-electron chi connectivity index (χ4n) is 1.78. The second kappa shape index (κ2) is 6.97. The van der Waals surface area contributed by atoms with E-state index in [1.807, 2.05) is 24.3 Å². The van der Waals surface area contributed by atoms with Crippen LogP contribution in [-0.4, -0.2) is 38.3 Å². The Bertz CT molecular complexity index is 342. The van der Waals surface area contributed by atoms with E-state index in [2.05, 4.69) is 18.9 Å². The van der Waals surface area contributed by atoms with Gasteiger partial charge in [-0.15, -0.1) is 0 Å². The molecule has 0 heterocycles. The summed E-state index contributed by atoms with van der Waals surface area (Å²) in [4.78, 5) is 2.20. The highest BCUT2D eigenvalue weighted by Gasteiger charge is 2.17. The third-order valence-corrected chi connectivity index (χ3v) is 3.45. The zero-order chi connectivity index (χ0) is 12.8. The van der Waals surface area contributed by atoms with E-state index in [4.69, 9.17) is 22.1 Å². The van der Waals surface area contributed by atoms with Crippen molar-refractivity contribution in [1.82, 2.24) is 4.90 Å². The minimum absolute atomic E-state index is 0.0601. The van der Waals surface area contributed by atoms with Crippen molar-refractivity contribution in [2.75, 3.05) is 27.2 Å². The maximum Gasteiger partial charge on any atom is 0.0820 e. The molecule has 1 aromatic rings. The molecule has 1 rings (SSSR count). The predicted octanol–water partition coefficient (Wildman–Crippen LogP) is 2.31. The number of hydrogen-bond acceptors (Lipinski definition) is 3. The molecule has 2 atom stereocenters. The van der Waals surface area contributed by atoms with Crippen LogP contribution in [0.15, 0.2) is 24.3 Å². The molecule has 1 aromatic carbocycles. The van der Waals surface area contributed by atoms with Crippen LogP contribution in [0.5, 0.6) is 0 Å². The van der Waals surface area contributed by atoms with Crippen molar-refractivity contribution >= 4 is 11.6 Å². The lowest BCUT2D eigenvalue weighted by Gasteiger charge is -2.28. The monoisotopic (exact) mass is 256 g/mol. The fraction of sp³-hybridized carbons (Fsp3) is 0.538. The van der Waals surface area contributed by atoms with Crippen LogP contribution in [0, 0.1) is 0 Å². The van der Waals surface area contributed by atoms with Gasteiger partial charge < -0.3 is 10.5 Å². The van der Waals surface area contributed by atoms with Gasteiger partial charge in [-0.1, -0.05) is 29.8 Å². The molecular formula is C13H21ClN2O. The van der Waals surface area contributed by atoms with Crippen LogP contribution in [-0.2, 0) is 4.74 Å². The summed E-state index contributed by atoms with van der Waals surface area (Å²) in [5.41, 5.74) is 6.75. The fourth-order valence-corrected chi connectivity index (χ4v) is 2.07. The molecule has 0 radical (unpaired) electrons. The summed E-state index contributed by atoms with van der Waals surface area (Å²) in [5, 5.41) is 0.800. The smallest absolute Gasteiger partial charge is 0.0820 e. The van der Waals surface area contributed by atoms with E-state index in [1.165, 1.54) is 0 Å². The van der Waals surface area contributed by atoms with E-state index < -0.39 is 0 Å². The van der Waals surface area contributed by atoms with E-state index in [9.17, 15) is 0 Å². The number of benzene rings is 1. The van der Waals surface area contributed by atoms with E-state index in [0.29, 0.717) is 6.54 Å². The molecule has 0 aliphatic carbocycles. The van der Waals surface area contributed by atoms with E-state index in [0.717, 1.165) is 17.1 Å². The normalized spacial score (nSPS) is 14.9. The first kappa shape index (κ1) is 14.5. The van der Waals surface area contributed by atoms with Gasteiger partial charge in [-0.05, 0) is 25.6 Å². The molecule has 96 valence electrons. The van der Waals surface area contributed by atoms with Crippen molar-refractivity contribution in [1.29, 1.82) is 0 Å². The van der Waals surface area contributed by atoms with Gasteiger partial charge >= 0.3 is 0 Å². The molecule has 0 fully saturated rings. The van der Waals surface area contributed by atoms with Gasteiger partial charge in [-0.25, -0.2) is 0 Å². The summed E-state index contributed by atoms with van der Waals surface area (Å²) in [6, 6.07) is 8.15. The number of methoxy groups -OCH3 is 1. The highest BCUT2D eigenvalue weighted by molar-refractivity contribution is 6.31. The molecule has 2 N–H and O–H groups in total. The second-order valence-electron chi connectivity index (χ2n) is 4.23. The first-order valence-corrected chi connectivity index (χ1v) is 6.15. The molecule has 0 saturated heterocycles. The van der Waals surface area contributed by atoms with Crippen LogP contribution >= 0.6 is 11.6 Å². The summed E-state index contributed by atoms with van der Waals surface area (Å²) >= 11 is 6.18. The van der Waals surface area contributed by atoms with Gasteiger partial charge in [0.05, 0.1) is 6.10 Å². The number of hydrogen-bond donors (Lipinski definition) is 1. The number of halogens is 1. The number of ether oxygens (including phenoxy) is 1. The Balaban J connectivity index is 2.69. The molecule has 0 aliphatic rings. The summed E-state index contributed by atoms with van der Waals surface area (Å²) < 4.78 is 5.29. The molecule has 0 spiro atoms. The van der Waals surface area contributed by atoms with Crippen molar-refractivity contribution in [2.24, 2.45) is 5.73 Å². The lowest BCUT2D eigenvalue weighted by molar-refractivity contribution is 0.0670. The van der Waals surface area contributed by atoms with Crippen molar-refractivity contribution in [3.63, 3.8) is 0 Å². The number of rotatable bonds is 6. The molecular weight excluding hydrogens is 236 g/mol. The summed E-state index contributed by atoms with van der Waals surface area (Å²) in [6.07, 6.45) is 0.0601. The van der Waals surface area contributed by atoms with Gasteiger partial charge in [0.1, 0.15) is 0 Å². The Morgan fingerprint density at radius 3 is 2.59 bits per heavy atom. The first-order chi connectivity index (χ1) is 8.10. The lowest BCUT2D eigenvalue weighted by Crippen LogP contribution is -2.36. The first-order valence-electron chi connectivity index (χ1n) is 5.77. The summed E-state index contributed by atoms with van der Waals surface area (Å²) in [6.45, 7) is 3.44. The number of nitrogens with two attached hydrogens (primary N) is 1. The molecule has 0 aromatic heterocycles. The van der Waals surface area contributed by atoms with Crippen LogP contribution in [0.25, 0.3) is 0 Å². The highest BCUT2D eigenvalue weighted by Crippen LogP contribution is 2.26. The zero-order valence-corrected chi connectivity index (χ0v) is 11.4. The molecule has 3 nitrogen and oxygen atoms in total. The quantitative estimate of drug-likeness (QED) is 0.849. The van der Waals surface area contributed by atoms with Crippen molar-refractivity contribution in [2.45, 2.75) is 19.1 Å². The average Bonchev–Trinajstić information content (AvgIpc) is 2.35. The van der Waals surface area contributed by atoms with Gasteiger partial charge in [-0.3, -0.25) is 4.90 Å². The van der Waals surface area contributed by atoms with Gasteiger partial charge in [-0.2, -0.15) is 0 Å². The molecule has 4 heteroatoms. The Morgan fingerprint density at radius 2 is 2.06 bits per heavy atom. The maximum atomic E-state index is 6.18. The number of nitrogens with zero attached hydrogens (tertiary/aromatic N) is 1. The van der Waals surface area contributed by atoms with Gasteiger partial charge in [0, 0.05) is 31.3 Å². The Kier molecular flexibility index (Phi) is 5.92. The van der Waals surface area contributed by atoms with Crippen LogP contribution < -0.4 is 5.73 Å². The Hall–Kier alpha value is -0.610. The van der Waals surface area contributed by atoms with Crippen molar-refractivity contribution in [3.8, 4) is 0 Å². The van der Waals surface area contributed by atoms with Crippen LogP contribution in [0.1, 0.15) is 18.5 Å². The lowest BCUT2D eigenvalue weighted by atomic mass is 10.1. The zero-order valence-electron chi connectivity index (χ0n) is 10.7. The van der Waals surface area contributed by atoms with Gasteiger partial charge in [0.15, 0.2) is 0 Å². The van der Waals surface area contributed by atoms with Gasteiger partial charge in [0.25, 0.3) is 0 Å². The van der Waals surface area contributed by atoms with E-state index in [1.54, 1.807) is 7.11 Å². The molecule has 0 aliphatic heterocycles. The standard InChI is InChI=1S/C13H21ClN2O/c1-10(12-6-4-5-7-13(12)14)16(2)9-11(8-15)17-3/h4-7,10-11H,8-9,15H2,1-3H3. The second-order valence-corrected chi connectivity index (χ2v) is 4.64.